The molecule has 0 atom stereocenters. The van der Waals surface area contributed by atoms with Crippen LogP contribution in [0.2, 0.25) is 5.02 Å². The summed E-state index contributed by atoms with van der Waals surface area (Å²) < 4.78 is 24.4. The van der Waals surface area contributed by atoms with Crippen LogP contribution in [0, 0.1) is 6.92 Å². The summed E-state index contributed by atoms with van der Waals surface area (Å²) in [4.78, 5) is 22.2. The van der Waals surface area contributed by atoms with Crippen LogP contribution >= 0.6 is 35.3 Å². The topological polar surface area (TPSA) is 70.6 Å². The Bertz CT molecular complexity index is 1150. The fraction of sp³-hybridized carbons (Fsp3) is 0.364. The summed E-state index contributed by atoms with van der Waals surface area (Å²) in [6.07, 6.45) is 1.15. The monoisotopic (exact) mass is 515 g/mol. The Morgan fingerprint density at radius 2 is 1.69 bits per heavy atom. The highest BCUT2D eigenvalue weighted by Crippen LogP contribution is 2.36. The van der Waals surface area contributed by atoms with Crippen LogP contribution < -0.4 is 4.90 Å². The van der Waals surface area contributed by atoms with E-state index in [2.05, 4.69) is 18.7 Å². The average Bonchev–Trinajstić information content (AvgIpc) is 3.19. The summed E-state index contributed by atoms with van der Waals surface area (Å²) in [5.74, 6) is -0.222. The maximum atomic E-state index is 13.4. The molecule has 174 valence electrons. The van der Waals surface area contributed by atoms with Gasteiger partial charge in [-0.05, 0) is 55.9 Å². The summed E-state index contributed by atoms with van der Waals surface area (Å²) in [6, 6.07) is 9.78. The molecular weight excluding hydrogens is 489 g/mol. The lowest BCUT2D eigenvalue weighted by Gasteiger charge is -2.24. The number of carbonyl (C=O) groups excluding carboxylic acids is 1. The minimum atomic E-state index is -3.33. The predicted molar refractivity (Wildman–Crippen MR) is 136 cm³/mol. The summed E-state index contributed by atoms with van der Waals surface area (Å²) in [6.45, 7) is 9.06. The molecule has 0 aliphatic heterocycles. The predicted octanol–water partition coefficient (Wildman–Crippen LogP) is 5.07. The second-order valence-electron chi connectivity index (χ2n) is 7.32. The van der Waals surface area contributed by atoms with Crippen LogP contribution in [0.3, 0.4) is 0 Å². The molecule has 3 aromatic rings. The van der Waals surface area contributed by atoms with Crippen LogP contribution in [0.15, 0.2) is 41.3 Å². The first kappa shape index (κ1) is 26.5. The fourth-order valence-electron chi connectivity index (χ4n) is 3.27. The summed E-state index contributed by atoms with van der Waals surface area (Å²) >= 11 is 7.77. The number of anilines is 1. The van der Waals surface area contributed by atoms with Gasteiger partial charge in [0.05, 0.1) is 20.1 Å². The number of carbonyl (C=O) groups is 1. The molecule has 0 radical (unpaired) electrons. The van der Waals surface area contributed by atoms with E-state index in [-0.39, 0.29) is 23.2 Å². The largest absolute Gasteiger partial charge is 0.302 e. The van der Waals surface area contributed by atoms with E-state index in [1.807, 2.05) is 19.1 Å². The van der Waals surface area contributed by atoms with Crippen LogP contribution in [0.4, 0.5) is 5.13 Å². The first-order chi connectivity index (χ1) is 14.7. The summed E-state index contributed by atoms with van der Waals surface area (Å²) in [7, 11) is -3.33. The molecule has 0 saturated carbocycles. The number of amides is 1. The molecule has 1 heterocycles. The highest BCUT2D eigenvalue weighted by molar-refractivity contribution is 7.90. The molecule has 0 unspecified atom stereocenters. The standard InChI is InChI=1S/C22H26ClN3O3S2.ClH/c1-5-25(6-2)13-14-26(21(27)16-8-10-17(11-9-16)31(4,28)29)22-24-19-15(3)7-12-18(23)20(19)30-22;/h7-12H,5-6,13-14H2,1-4H3;1H. The number of fused-ring (bicyclic) bond motifs is 1. The molecule has 1 amide bonds. The lowest BCUT2D eigenvalue weighted by Crippen LogP contribution is -2.38. The van der Waals surface area contributed by atoms with E-state index in [0.29, 0.717) is 28.8 Å². The highest BCUT2D eigenvalue weighted by Gasteiger charge is 2.23. The zero-order chi connectivity index (χ0) is 22.8. The van der Waals surface area contributed by atoms with Gasteiger partial charge >= 0.3 is 0 Å². The van der Waals surface area contributed by atoms with E-state index in [1.54, 1.807) is 17.0 Å². The van der Waals surface area contributed by atoms with Crippen LogP contribution in [0.25, 0.3) is 10.2 Å². The van der Waals surface area contributed by atoms with Gasteiger partial charge in [-0.2, -0.15) is 0 Å². The van der Waals surface area contributed by atoms with E-state index in [9.17, 15) is 13.2 Å². The molecule has 2 aromatic carbocycles. The Balaban J connectivity index is 0.00000363. The van der Waals surface area contributed by atoms with Crippen LogP contribution in [-0.2, 0) is 9.84 Å². The number of aromatic nitrogens is 1. The number of sulfone groups is 1. The molecule has 10 heteroatoms. The molecule has 0 aliphatic rings. The Morgan fingerprint density at radius 1 is 1.06 bits per heavy atom. The van der Waals surface area contributed by atoms with Gasteiger partial charge in [0.2, 0.25) is 0 Å². The number of likely N-dealkylation sites (N-methyl/N-ethyl adjacent to an activating group) is 1. The second kappa shape index (κ2) is 10.9. The fourth-order valence-corrected chi connectivity index (χ4v) is 5.24. The molecule has 6 nitrogen and oxygen atoms in total. The van der Waals surface area contributed by atoms with Crippen molar-refractivity contribution in [2.24, 2.45) is 0 Å². The number of halogens is 2. The van der Waals surface area contributed by atoms with Gasteiger partial charge in [0, 0.05) is 24.9 Å². The van der Waals surface area contributed by atoms with Gasteiger partial charge in [-0.25, -0.2) is 13.4 Å². The molecule has 0 aliphatic carbocycles. The highest BCUT2D eigenvalue weighted by atomic mass is 35.5. The number of benzene rings is 2. The van der Waals surface area contributed by atoms with E-state index in [1.165, 1.54) is 23.5 Å². The van der Waals surface area contributed by atoms with Gasteiger partial charge in [0.15, 0.2) is 15.0 Å². The molecule has 0 spiro atoms. The third-order valence-corrected chi connectivity index (χ3v) is 7.89. The van der Waals surface area contributed by atoms with Crippen molar-refractivity contribution in [3.8, 4) is 0 Å². The second-order valence-corrected chi connectivity index (χ2v) is 10.7. The third kappa shape index (κ3) is 5.80. The number of rotatable bonds is 8. The Morgan fingerprint density at radius 3 is 2.22 bits per heavy atom. The lowest BCUT2D eigenvalue weighted by atomic mass is 10.2. The molecule has 3 rings (SSSR count). The maximum absolute atomic E-state index is 13.4. The van der Waals surface area contributed by atoms with Gasteiger partial charge < -0.3 is 4.90 Å². The minimum absolute atomic E-state index is 0. The smallest absolute Gasteiger partial charge is 0.260 e. The third-order valence-electron chi connectivity index (χ3n) is 5.23. The zero-order valence-electron chi connectivity index (χ0n) is 18.5. The van der Waals surface area contributed by atoms with E-state index < -0.39 is 9.84 Å². The normalized spacial score (nSPS) is 11.6. The van der Waals surface area contributed by atoms with Crippen molar-refractivity contribution < 1.29 is 13.2 Å². The van der Waals surface area contributed by atoms with Crippen molar-refractivity contribution in [3.63, 3.8) is 0 Å². The van der Waals surface area contributed by atoms with Gasteiger partial charge in [0.1, 0.15) is 0 Å². The number of hydrogen-bond acceptors (Lipinski definition) is 6. The number of thiazole rings is 1. The molecular formula is C22H27Cl2N3O3S2. The number of aryl methyl sites for hydroxylation is 1. The van der Waals surface area contributed by atoms with Crippen molar-refractivity contribution in [1.82, 2.24) is 9.88 Å². The Hall–Kier alpha value is -1.71. The van der Waals surface area contributed by atoms with Gasteiger partial charge in [-0.15, -0.1) is 12.4 Å². The molecule has 0 fully saturated rings. The lowest BCUT2D eigenvalue weighted by molar-refractivity contribution is 0.0983. The molecule has 1 aromatic heterocycles. The summed E-state index contributed by atoms with van der Waals surface area (Å²) in [5, 5.41) is 1.19. The molecule has 0 bridgehead atoms. The summed E-state index contributed by atoms with van der Waals surface area (Å²) in [5.41, 5.74) is 2.20. The van der Waals surface area contributed by atoms with Gasteiger partial charge in [0.25, 0.3) is 5.91 Å². The van der Waals surface area contributed by atoms with Crippen LogP contribution in [-0.4, -0.2) is 56.6 Å². The molecule has 0 saturated heterocycles. The minimum Gasteiger partial charge on any atom is -0.302 e. The Kier molecular flexibility index (Phi) is 9.07. The van der Waals surface area contributed by atoms with Gasteiger partial charge in [-0.3, -0.25) is 9.69 Å². The van der Waals surface area contributed by atoms with E-state index >= 15 is 0 Å². The average molecular weight is 517 g/mol. The molecule has 32 heavy (non-hydrogen) atoms. The van der Waals surface area contributed by atoms with Crippen molar-refractivity contribution in [3.05, 3.63) is 52.5 Å². The van der Waals surface area contributed by atoms with Crippen molar-refractivity contribution in [2.75, 3.05) is 37.3 Å². The number of nitrogens with zero attached hydrogens (tertiary/aromatic N) is 3. The van der Waals surface area contributed by atoms with Crippen molar-refractivity contribution in [2.45, 2.75) is 25.7 Å². The molecule has 0 N–H and O–H groups in total. The SMILES string of the molecule is CCN(CC)CCN(C(=O)c1ccc(S(C)(=O)=O)cc1)c1nc2c(C)ccc(Cl)c2s1.Cl. The van der Waals surface area contributed by atoms with Gasteiger partial charge in [-0.1, -0.05) is 42.9 Å². The van der Waals surface area contributed by atoms with Crippen LogP contribution in [0.1, 0.15) is 29.8 Å². The first-order valence-electron chi connectivity index (χ1n) is 10.1. The first-order valence-corrected chi connectivity index (χ1v) is 13.1. The quantitative estimate of drug-likeness (QED) is 0.418. The zero-order valence-corrected chi connectivity index (χ0v) is 21.7. The van der Waals surface area contributed by atoms with E-state index in [4.69, 9.17) is 16.6 Å². The van der Waals surface area contributed by atoms with Crippen molar-refractivity contribution >= 4 is 66.4 Å². The van der Waals surface area contributed by atoms with Crippen LogP contribution in [0.5, 0.6) is 0 Å². The number of hydrogen-bond donors (Lipinski definition) is 0. The maximum Gasteiger partial charge on any atom is 0.260 e. The Labute approximate surface area is 204 Å². The van der Waals surface area contributed by atoms with Crippen molar-refractivity contribution in [1.29, 1.82) is 0 Å². The van der Waals surface area contributed by atoms with E-state index in [0.717, 1.165) is 35.1 Å².